The number of rotatable bonds is 6. The van der Waals surface area contributed by atoms with Gasteiger partial charge in [0.2, 0.25) is 11.8 Å². The fourth-order valence-corrected chi connectivity index (χ4v) is 5.21. The van der Waals surface area contributed by atoms with Crippen LogP contribution in [0.5, 0.6) is 0 Å². The van der Waals surface area contributed by atoms with Crippen LogP contribution in [-0.2, 0) is 29.9 Å². The Morgan fingerprint density at radius 3 is 2.65 bits per heavy atom. The number of pyridine rings is 1. The van der Waals surface area contributed by atoms with Crippen molar-refractivity contribution in [2.45, 2.75) is 84.5 Å². The van der Waals surface area contributed by atoms with Gasteiger partial charge in [-0.15, -0.1) is 0 Å². The molecule has 1 aliphatic carbocycles. The summed E-state index contributed by atoms with van der Waals surface area (Å²) in [6.45, 7) is 14.3. The van der Waals surface area contributed by atoms with Crippen molar-refractivity contribution in [2.75, 3.05) is 6.54 Å². The van der Waals surface area contributed by atoms with Gasteiger partial charge in [0.15, 0.2) is 5.82 Å². The van der Waals surface area contributed by atoms with Crippen molar-refractivity contribution < 1.29 is 14.4 Å². The van der Waals surface area contributed by atoms with Crippen molar-refractivity contribution in [3.05, 3.63) is 64.6 Å². The van der Waals surface area contributed by atoms with Gasteiger partial charge in [0.05, 0.1) is 17.4 Å². The summed E-state index contributed by atoms with van der Waals surface area (Å²) in [6, 6.07) is 6.30. The van der Waals surface area contributed by atoms with Gasteiger partial charge in [-0.2, -0.15) is 4.98 Å². The number of nitrogens with zero attached hydrogens (tertiary/aromatic N) is 4. The molecule has 0 bridgehead atoms. The van der Waals surface area contributed by atoms with Crippen LogP contribution in [0.1, 0.15) is 80.9 Å². The number of benzene rings is 1. The van der Waals surface area contributed by atoms with Crippen molar-refractivity contribution in [1.29, 1.82) is 0 Å². The van der Waals surface area contributed by atoms with Crippen LogP contribution < -0.4 is 5.32 Å². The van der Waals surface area contributed by atoms with E-state index in [-0.39, 0.29) is 23.3 Å². The third kappa shape index (κ3) is 5.31. The van der Waals surface area contributed by atoms with Crippen LogP contribution in [0.15, 0.2) is 35.1 Å². The standard InChI is InChI=1S/C29H37N5O3/c1-17-32-27(37-33-17)24-12-23(24)26(35)31-14-18-7-8-21(19-11-20(15-30-13-19)29(5,6)36)22-9-10-34(16-25(18)22)28(2,3)4/h7-8,11,13,15,23-24,36H,9-10,12,14,16H2,1-6H3,(H,31,35)/t23-,24-/m0/s1. The van der Waals surface area contributed by atoms with E-state index < -0.39 is 5.60 Å². The van der Waals surface area contributed by atoms with Crippen molar-refractivity contribution in [3.63, 3.8) is 0 Å². The minimum atomic E-state index is -0.961. The zero-order chi connectivity index (χ0) is 26.5. The van der Waals surface area contributed by atoms with Gasteiger partial charge < -0.3 is 14.9 Å². The third-order valence-corrected chi connectivity index (χ3v) is 7.65. The van der Waals surface area contributed by atoms with E-state index in [4.69, 9.17) is 4.52 Å². The smallest absolute Gasteiger partial charge is 0.230 e. The van der Waals surface area contributed by atoms with E-state index >= 15 is 0 Å². The highest BCUT2D eigenvalue weighted by atomic mass is 16.5. The molecule has 1 saturated carbocycles. The molecule has 5 rings (SSSR count). The molecule has 2 atom stereocenters. The van der Waals surface area contributed by atoms with Crippen LogP contribution in [0.2, 0.25) is 0 Å². The highest BCUT2D eigenvalue weighted by Crippen LogP contribution is 2.47. The molecule has 1 amide bonds. The van der Waals surface area contributed by atoms with Crippen LogP contribution in [-0.4, -0.2) is 43.1 Å². The van der Waals surface area contributed by atoms with Gasteiger partial charge in [-0.25, -0.2) is 0 Å². The maximum Gasteiger partial charge on any atom is 0.230 e. The molecule has 3 aromatic rings. The summed E-state index contributed by atoms with van der Waals surface area (Å²) in [7, 11) is 0. The molecule has 1 aliphatic heterocycles. The van der Waals surface area contributed by atoms with Crippen LogP contribution in [0.3, 0.4) is 0 Å². The minimum absolute atomic E-state index is 0.0180. The van der Waals surface area contributed by atoms with E-state index in [0.29, 0.717) is 18.3 Å². The van der Waals surface area contributed by atoms with Crippen LogP contribution >= 0.6 is 0 Å². The van der Waals surface area contributed by atoms with Gasteiger partial charge in [-0.05, 0) is 82.7 Å². The average molecular weight is 504 g/mol. The number of carbonyl (C=O) groups excluding carboxylic acids is 1. The van der Waals surface area contributed by atoms with E-state index in [1.165, 1.54) is 11.1 Å². The molecule has 0 saturated heterocycles. The molecule has 8 nitrogen and oxygen atoms in total. The number of hydrogen-bond donors (Lipinski definition) is 2. The van der Waals surface area contributed by atoms with E-state index in [1.54, 1.807) is 27.0 Å². The van der Waals surface area contributed by atoms with Crippen LogP contribution in [0, 0.1) is 12.8 Å². The monoisotopic (exact) mass is 503 g/mol. The molecule has 0 radical (unpaired) electrons. The molecule has 3 heterocycles. The second-order valence-corrected chi connectivity index (χ2v) is 11.9. The third-order valence-electron chi connectivity index (χ3n) is 7.65. The second kappa shape index (κ2) is 9.33. The SMILES string of the molecule is Cc1noc([C@H]2C[C@@H]2C(=O)NCc2ccc(-c3cncc(C(C)(C)O)c3)c3c2CN(C(C)(C)C)CC3)n1. The largest absolute Gasteiger partial charge is 0.386 e. The maximum atomic E-state index is 12.9. The summed E-state index contributed by atoms with van der Waals surface area (Å²) < 4.78 is 5.27. The molecule has 8 heteroatoms. The number of aromatic nitrogens is 3. The quantitative estimate of drug-likeness (QED) is 0.518. The van der Waals surface area contributed by atoms with E-state index in [2.05, 4.69) is 58.2 Å². The highest BCUT2D eigenvalue weighted by molar-refractivity contribution is 5.82. The lowest BCUT2D eigenvalue weighted by molar-refractivity contribution is -0.122. The summed E-state index contributed by atoms with van der Waals surface area (Å²) >= 11 is 0. The Kier molecular flexibility index (Phi) is 6.44. The Labute approximate surface area is 218 Å². The summed E-state index contributed by atoms with van der Waals surface area (Å²) in [5.74, 6) is 1.09. The fourth-order valence-electron chi connectivity index (χ4n) is 5.21. The predicted octanol–water partition coefficient (Wildman–Crippen LogP) is 4.24. The van der Waals surface area contributed by atoms with Gasteiger partial charge >= 0.3 is 0 Å². The molecule has 2 aromatic heterocycles. The fraction of sp³-hybridized carbons (Fsp3) is 0.517. The Bertz CT molecular complexity index is 1320. The molecule has 37 heavy (non-hydrogen) atoms. The number of fused-ring (bicyclic) bond motifs is 1. The van der Waals surface area contributed by atoms with Crippen molar-refractivity contribution in [2.24, 2.45) is 5.92 Å². The van der Waals surface area contributed by atoms with Crippen molar-refractivity contribution >= 4 is 5.91 Å². The number of hydrogen-bond acceptors (Lipinski definition) is 7. The zero-order valence-electron chi connectivity index (χ0n) is 22.6. The highest BCUT2D eigenvalue weighted by Gasteiger charge is 2.47. The van der Waals surface area contributed by atoms with Gasteiger partial charge in [-0.3, -0.25) is 14.7 Å². The Hall–Kier alpha value is -3.10. The summed E-state index contributed by atoms with van der Waals surface area (Å²) in [5.41, 5.74) is 5.73. The first-order chi connectivity index (χ1) is 17.4. The van der Waals surface area contributed by atoms with Gasteiger partial charge in [0.1, 0.15) is 0 Å². The molecule has 196 valence electrons. The number of carbonyl (C=O) groups is 1. The van der Waals surface area contributed by atoms with Crippen molar-refractivity contribution in [3.8, 4) is 11.1 Å². The zero-order valence-corrected chi connectivity index (χ0v) is 22.6. The number of aliphatic hydroxyl groups is 1. The number of nitrogens with one attached hydrogen (secondary N) is 1. The Morgan fingerprint density at radius 2 is 1.97 bits per heavy atom. The van der Waals surface area contributed by atoms with Gasteiger partial charge in [-0.1, -0.05) is 17.3 Å². The lowest BCUT2D eigenvalue weighted by Crippen LogP contribution is -2.44. The lowest BCUT2D eigenvalue weighted by atomic mass is 9.85. The average Bonchev–Trinajstić information content (AvgIpc) is 3.54. The van der Waals surface area contributed by atoms with Crippen LogP contribution in [0.25, 0.3) is 11.1 Å². The molecule has 1 fully saturated rings. The first-order valence-corrected chi connectivity index (χ1v) is 13.1. The van der Waals surface area contributed by atoms with Gasteiger partial charge in [0, 0.05) is 48.7 Å². The lowest BCUT2D eigenvalue weighted by Gasteiger charge is -2.40. The van der Waals surface area contributed by atoms with Crippen molar-refractivity contribution in [1.82, 2.24) is 25.3 Å². The maximum absolute atomic E-state index is 12.9. The first kappa shape index (κ1) is 25.5. The second-order valence-electron chi connectivity index (χ2n) is 11.9. The molecule has 2 N–H and O–H groups in total. The number of aryl methyl sites for hydroxylation is 1. The summed E-state index contributed by atoms with van der Waals surface area (Å²) in [4.78, 5) is 24.1. The predicted molar refractivity (Wildman–Crippen MR) is 141 cm³/mol. The molecule has 2 aliphatic rings. The van der Waals surface area contributed by atoms with Crippen LogP contribution in [0.4, 0.5) is 0 Å². The first-order valence-electron chi connectivity index (χ1n) is 13.1. The minimum Gasteiger partial charge on any atom is -0.386 e. The molecular weight excluding hydrogens is 466 g/mol. The van der Waals surface area contributed by atoms with E-state index in [9.17, 15) is 9.90 Å². The van der Waals surface area contributed by atoms with Gasteiger partial charge in [0.25, 0.3) is 0 Å². The molecular formula is C29H37N5O3. The molecule has 1 aromatic carbocycles. The van der Waals surface area contributed by atoms with E-state index in [0.717, 1.165) is 48.2 Å². The number of amides is 1. The van der Waals surface area contributed by atoms with E-state index in [1.807, 2.05) is 12.3 Å². The Morgan fingerprint density at radius 1 is 1.19 bits per heavy atom. The molecule has 0 spiro atoms. The summed E-state index contributed by atoms with van der Waals surface area (Å²) in [6.07, 6.45) is 5.25. The Balaban J connectivity index is 1.41. The topological polar surface area (TPSA) is 104 Å². The normalized spacial score (nSPS) is 20.0. The molecule has 0 unspecified atom stereocenters. The summed E-state index contributed by atoms with van der Waals surface area (Å²) in [5, 5.41) is 17.5.